The van der Waals surface area contributed by atoms with Crippen molar-refractivity contribution >= 4 is 38.9 Å². The van der Waals surface area contributed by atoms with Crippen LogP contribution in [0, 0.1) is 0 Å². The molecule has 1 aromatic rings. The van der Waals surface area contributed by atoms with Crippen molar-refractivity contribution in [2.75, 3.05) is 6.54 Å². The molecule has 0 unspecified atom stereocenters. The van der Waals surface area contributed by atoms with Crippen molar-refractivity contribution in [3.63, 3.8) is 0 Å². The summed E-state index contributed by atoms with van der Waals surface area (Å²) in [5, 5.41) is 3.29. The number of benzene rings is 1. The predicted molar refractivity (Wildman–Crippen MR) is 90.1 cm³/mol. The lowest BCUT2D eigenvalue weighted by Gasteiger charge is -2.05. The summed E-state index contributed by atoms with van der Waals surface area (Å²) in [5.41, 5.74) is 7.22. The van der Waals surface area contributed by atoms with Crippen molar-refractivity contribution < 1.29 is 0 Å². The Bertz CT molecular complexity index is 434. The van der Waals surface area contributed by atoms with Gasteiger partial charge in [0.15, 0.2) is 5.96 Å². The molecule has 1 aromatic carbocycles. The van der Waals surface area contributed by atoms with Gasteiger partial charge in [-0.1, -0.05) is 41.4 Å². The van der Waals surface area contributed by atoms with Gasteiger partial charge in [0.2, 0.25) is 0 Å². The highest BCUT2D eigenvalue weighted by Crippen LogP contribution is 2.41. The topological polar surface area (TPSA) is 50.4 Å². The average Bonchev–Trinajstić information content (AvgIpc) is 3.08. The largest absolute Gasteiger partial charge is 0.370 e. The molecule has 19 heavy (non-hydrogen) atoms. The number of guanidine groups is 1. The molecule has 0 bridgehead atoms. The van der Waals surface area contributed by atoms with Crippen LogP contribution < -0.4 is 11.1 Å². The van der Waals surface area contributed by atoms with Gasteiger partial charge in [-0.25, -0.2) is 0 Å². The fraction of sp³-hybridized carbons (Fsp3) is 0.500. The van der Waals surface area contributed by atoms with E-state index in [9.17, 15) is 0 Å². The molecule has 1 aliphatic rings. The summed E-state index contributed by atoms with van der Waals surface area (Å²) in [6.45, 7) is 2.98. The van der Waals surface area contributed by atoms with Crippen LogP contribution in [0.4, 0.5) is 0 Å². The zero-order valence-corrected chi connectivity index (χ0v) is 14.4. The molecule has 0 saturated heterocycles. The van der Waals surface area contributed by atoms with E-state index in [-0.39, 0.29) is 17.0 Å². The van der Waals surface area contributed by atoms with Gasteiger partial charge in [0.1, 0.15) is 0 Å². The Hall–Kier alpha value is -0.550. The third-order valence-corrected chi connectivity index (χ3v) is 3.69. The second-order valence-electron chi connectivity index (χ2n) is 4.77. The number of hydrogen-bond donors (Lipinski definition) is 2. The molecule has 0 spiro atoms. The second kappa shape index (κ2) is 7.90. The SMILES string of the molecule is Br.CCCCN=C(N)N[C@@H]1C[C@H]1c1cccc(Br)c1. The molecule has 106 valence electrons. The molecule has 0 aliphatic heterocycles. The number of aliphatic imine (C=N–C) groups is 1. The molecule has 1 aliphatic carbocycles. The normalized spacial score (nSPS) is 21.7. The molecule has 0 heterocycles. The Labute approximate surface area is 134 Å². The first kappa shape index (κ1) is 16.5. The van der Waals surface area contributed by atoms with Crippen LogP contribution in [0.25, 0.3) is 0 Å². The smallest absolute Gasteiger partial charge is 0.188 e. The van der Waals surface area contributed by atoms with Gasteiger partial charge in [-0.3, -0.25) is 4.99 Å². The van der Waals surface area contributed by atoms with E-state index in [2.05, 4.69) is 57.4 Å². The highest BCUT2D eigenvalue weighted by atomic mass is 79.9. The Morgan fingerprint density at radius 3 is 3.00 bits per heavy atom. The van der Waals surface area contributed by atoms with Crippen LogP contribution in [0.2, 0.25) is 0 Å². The lowest BCUT2D eigenvalue weighted by Crippen LogP contribution is -2.34. The molecule has 5 heteroatoms. The first-order chi connectivity index (χ1) is 8.70. The monoisotopic (exact) mass is 389 g/mol. The lowest BCUT2D eigenvalue weighted by molar-refractivity contribution is 0.789. The van der Waals surface area contributed by atoms with Crippen LogP contribution >= 0.6 is 32.9 Å². The van der Waals surface area contributed by atoms with Crippen molar-refractivity contribution in [2.24, 2.45) is 10.7 Å². The van der Waals surface area contributed by atoms with Crippen molar-refractivity contribution in [3.05, 3.63) is 34.3 Å². The van der Waals surface area contributed by atoms with E-state index in [1.54, 1.807) is 0 Å². The van der Waals surface area contributed by atoms with E-state index in [1.165, 1.54) is 5.56 Å². The summed E-state index contributed by atoms with van der Waals surface area (Å²) in [7, 11) is 0. The lowest BCUT2D eigenvalue weighted by atomic mass is 10.1. The van der Waals surface area contributed by atoms with Crippen molar-refractivity contribution in [3.8, 4) is 0 Å². The van der Waals surface area contributed by atoms with Crippen molar-refractivity contribution in [2.45, 2.75) is 38.1 Å². The fourth-order valence-corrected chi connectivity index (χ4v) is 2.47. The molecule has 1 fully saturated rings. The number of nitrogens with zero attached hydrogens (tertiary/aromatic N) is 1. The van der Waals surface area contributed by atoms with Crippen LogP contribution in [-0.4, -0.2) is 18.5 Å². The summed E-state index contributed by atoms with van der Waals surface area (Å²) in [6.07, 6.45) is 3.39. The van der Waals surface area contributed by atoms with E-state index in [4.69, 9.17) is 5.73 Å². The minimum Gasteiger partial charge on any atom is -0.370 e. The maximum absolute atomic E-state index is 5.86. The third kappa shape index (κ3) is 5.15. The fourth-order valence-electron chi connectivity index (χ4n) is 2.05. The Balaban J connectivity index is 0.00000180. The number of hydrogen-bond acceptors (Lipinski definition) is 1. The molecular weight excluding hydrogens is 370 g/mol. The molecule has 1 saturated carbocycles. The maximum atomic E-state index is 5.86. The summed E-state index contributed by atoms with van der Waals surface area (Å²) in [5.74, 6) is 1.16. The van der Waals surface area contributed by atoms with Gasteiger partial charge in [0.25, 0.3) is 0 Å². The van der Waals surface area contributed by atoms with Gasteiger partial charge in [-0.2, -0.15) is 0 Å². The van der Waals surface area contributed by atoms with E-state index in [1.807, 2.05) is 0 Å². The molecule has 0 aromatic heterocycles. The highest BCUT2D eigenvalue weighted by Gasteiger charge is 2.38. The molecule has 0 radical (unpaired) electrons. The summed E-state index contributed by atoms with van der Waals surface area (Å²) in [6, 6.07) is 8.92. The van der Waals surface area contributed by atoms with Crippen LogP contribution in [0.3, 0.4) is 0 Å². The highest BCUT2D eigenvalue weighted by molar-refractivity contribution is 9.10. The van der Waals surface area contributed by atoms with Gasteiger partial charge < -0.3 is 11.1 Å². The van der Waals surface area contributed by atoms with Gasteiger partial charge in [0.05, 0.1) is 0 Å². The Kier molecular flexibility index (Phi) is 6.86. The molecular formula is C14H21Br2N3. The molecule has 2 rings (SSSR count). The van der Waals surface area contributed by atoms with Gasteiger partial charge >= 0.3 is 0 Å². The van der Waals surface area contributed by atoms with Crippen LogP contribution in [0.1, 0.15) is 37.7 Å². The van der Waals surface area contributed by atoms with E-state index in [0.29, 0.717) is 17.9 Å². The minimum absolute atomic E-state index is 0. The van der Waals surface area contributed by atoms with E-state index in [0.717, 1.165) is 30.3 Å². The van der Waals surface area contributed by atoms with Crippen LogP contribution in [-0.2, 0) is 0 Å². The summed E-state index contributed by atoms with van der Waals surface area (Å²) in [4.78, 5) is 4.31. The number of rotatable bonds is 5. The first-order valence-corrected chi connectivity index (χ1v) is 7.32. The van der Waals surface area contributed by atoms with Crippen molar-refractivity contribution in [1.82, 2.24) is 5.32 Å². The number of nitrogens with two attached hydrogens (primary N) is 1. The van der Waals surface area contributed by atoms with Gasteiger partial charge in [0, 0.05) is 23.0 Å². The molecule has 2 atom stereocenters. The zero-order valence-electron chi connectivity index (χ0n) is 11.1. The van der Waals surface area contributed by atoms with E-state index >= 15 is 0 Å². The van der Waals surface area contributed by atoms with Crippen LogP contribution in [0.5, 0.6) is 0 Å². The summed E-state index contributed by atoms with van der Waals surface area (Å²) >= 11 is 3.50. The number of nitrogens with one attached hydrogen (secondary N) is 1. The van der Waals surface area contributed by atoms with Crippen molar-refractivity contribution in [1.29, 1.82) is 0 Å². The maximum Gasteiger partial charge on any atom is 0.188 e. The average molecular weight is 391 g/mol. The number of unbranched alkanes of at least 4 members (excludes halogenated alkanes) is 1. The molecule has 0 amide bonds. The van der Waals surface area contributed by atoms with Gasteiger partial charge in [-0.15, -0.1) is 17.0 Å². The zero-order chi connectivity index (χ0) is 13.0. The predicted octanol–water partition coefficient (Wildman–Crippen LogP) is 3.59. The summed E-state index contributed by atoms with van der Waals surface area (Å²) < 4.78 is 1.13. The molecule has 3 nitrogen and oxygen atoms in total. The molecule has 3 N–H and O–H groups in total. The Morgan fingerprint density at radius 2 is 2.32 bits per heavy atom. The van der Waals surface area contributed by atoms with E-state index < -0.39 is 0 Å². The second-order valence-corrected chi connectivity index (χ2v) is 5.68. The Morgan fingerprint density at radius 1 is 1.53 bits per heavy atom. The number of halogens is 2. The standard InChI is InChI=1S/C14H20BrN3.BrH/c1-2-3-7-17-14(16)18-13-9-12(13)10-5-4-6-11(15)8-10;/h4-6,8,12-13H,2-3,7,9H2,1H3,(H3,16,17,18);1H/t12-,13+;/m0./s1. The first-order valence-electron chi connectivity index (χ1n) is 6.52. The van der Waals surface area contributed by atoms with Crippen LogP contribution in [0.15, 0.2) is 33.7 Å². The van der Waals surface area contributed by atoms with Gasteiger partial charge in [-0.05, 0) is 30.5 Å². The quantitative estimate of drug-likeness (QED) is 0.458. The minimum atomic E-state index is 0. The third-order valence-electron chi connectivity index (χ3n) is 3.19.